The van der Waals surface area contributed by atoms with Crippen molar-refractivity contribution in [2.45, 2.75) is 0 Å². The third-order valence-corrected chi connectivity index (χ3v) is 2.32. The Labute approximate surface area is 75.5 Å². The van der Waals surface area contributed by atoms with Gasteiger partial charge in [0.1, 0.15) is 0 Å². The van der Waals surface area contributed by atoms with Crippen LogP contribution in [-0.4, -0.2) is 9.38 Å². The molecule has 2 heterocycles. The second-order valence-electron chi connectivity index (χ2n) is 3.09. The molecule has 13 heavy (non-hydrogen) atoms. The van der Waals surface area contributed by atoms with Crippen LogP contribution in [0.5, 0.6) is 0 Å². The predicted molar refractivity (Wildman–Crippen MR) is 52.7 cm³/mol. The molecule has 3 rings (SSSR count). The zero-order valence-corrected chi connectivity index (χ0v) is 7.01. The van der Waals surface area contributed by atoms with Crippen LogP contribution in [0.4, 0.5) is 0 Å². The van der Waals surface area contributed by atoms with E-state index in [1.54, 1.807) is 0 Å². The fraction of sp³-hybridized carbons (Fsp3) is 0. The Morgan fingerprint density at radius 3 is 3.00 bits per heavy atom. The third-order valence-electron chi connectivity index (χ3n) is 2.32. The van der Waals surface area contributed by atoms with E-state index >= 15 is 0 Å². The van der Waals surface area contributed by atoms with Crippen LogP contribution < -0.4 is 0 Å². The molecule has 0 spiro atoms. The highest BCUT2D eigenvalue weighted by atomic mass is 15.0. The van der Waals surface area contributed by atoms with E-state index < -0.39 is 0 Å². The molecule has 0 fully saturated rings. The molecule has 1 aromatic carbocycles. The average molecular weight is 168 g/mol. The maximum atomic E-state index is 4.11. The van der Waals surface area contributed by atoms with Crippen LogP contribution in [0.2, 0.25) is 0 Å². The van der Waals surface area contributed by atoms with Crippen molar-refractivity contribution in [3.05, 3.63) is 49.1 Å². The molecule has 62 valence electrons. The minimum absolute atomic E-state index is 1.16. The van der Waals surface area contributed by atoms with Gasteiger partial charge in [0.2, 0.25) is 0 Å². The van der Waals surface area contributed by atoms with Crippen molar-refractivity contribution in [3.63, 3.8) is 0 Å². The van der Waals surface area contributed by atoms with Crippen molar-refractivity contribution in [1.29, 1.82) is 0 Å². The maximum Gasteiger partial charge on any atom is 0.0992 e. The lowest BCUT2D eigenvalue weighted by Gasteiger charge is -1.99. The van der Waals surface area contributed by atoms with Crippen LogP contribution in [0.1, 0.15) is 0 Å². The van der Waals surface area contributed by atoms with Gasteiger partial charge < -0.3 is 4.40 Å². The summed E-state index contributed by atoms with van der Waals surface area (Å²) < 4.78 is 2.03. The zero-order valence-electron chi connectivity index (χ0n) is 7.01. The van der Waals surface area contributed by atoms with Crippen molar-refractivity contribution < 1.29 is 0 Å². The normalized spacial score (nSPS) is 11.1. The van der Waals surface area contributed by atoms with Crippen molar-refractivity contribution >= 4 is 16.3 Å². The number of nitrogens with zero attached hydrogens (tertiary/aromatic N) is 2. The summed E-state index contributed by atoms with van der Waals surface area (Å²) in [5, 5.41) is 2.51. The number of pyridine rings is 1. The van der Waals surface area contributed by atoms with E-state index in [0.717, 1.165) is 5.52 Å². The van der Waals surface area contributed by atoms with E-state index in [-0.39, 0.29) is 0 Å². The van der Waals surface area contributed by atoms with E-state index in [2.05, 4.69) is 35.3 Å². The van der Waals surface area contributed by atoms with Crippen molar-refractivity contribution in [3.8, 4) is 0 Å². The first-order valence-electron chi connectivity index (χ1n) is 4.24. The molecular formula is C11H8N2. The van der Waals surface area contributed by atoms with Gasteiger partial charge in [0, 0.05) is 11.6 Å². The lowest BCUT2D eigenvalue weighted by atomic mass is 10.1. The Morgan fingerprint density at radius 1 is 1.08 bits per heavy atom. The molecule has 0 radical (unpaired) electrons. The zero-order chi connectivity index (χ0) is 8.67. The van der Waals surface area contributed by atoms with Gasteiger partial charge in [-0.3, -0.25) is 0 Å². The SMILES string of the molecule is c1ccc2c(c1)ccn1cncc21. The first-order chi connectivity index (χ1) is 6.45. The molecule has 2 nitrogen and oxygen atoms in total. The first-order valence-corrected chi connectivity index (χ1v) is 4.24. The van der Waals surface area contributed by atoms with E-state index in [0.29, 0.717) is 0 Å². The first kappa shape index (κ1) is 6.66. The number of hydrogen-bond acceptors (Lipinski definition) is 1. The summed E-state index contributed by atoms with van der Waals surface area (Å²) in [5.74, 6) is 0. The molecule has 0 amide bonds. The molecular weight excluding hydrogens is 160 g/mol. The molecule has 0 bridgehead atoms. The van der Waals surface area contributed by atoms with Gasteiger partial charge in [0.05, 0.1) is 18.0 Å². The monoisotopic (exact) mass is 168 g/mol. The van der Waals surface area contributed by atoms with Crippen LogP contribution in [0.15, 0.2) is 49.1 Å². The predicted octanol–water partition coefficient (Wildman–Crippen LogP) is 2.49. The van der Waals surface area contributed by atoms with Gasteiger partial charge in [-0.2, -0.15) is 0 Å². The van der Waals surface area contributed by atoms with Gasteiger partial charge in [-0.15, -0.1) is 0 Å². The van der Waals surface area contributed by atoms with E-state index in [9.17, 15) is 0 Å². The summed E-state index contributed by atoms with van der Waals surface area (Å²) in [4.78, 5) is 4.11. The van der Waals surface area contributed by atoms with E-state index in [4.69, 9.17) is 0 Å². The van der Waals surface area contributed by atoms with Crippen LogP contribution >= 0.6 is 0 Å². The number of benzene rings is 1. The van der Waals surface area contributed by atoms with Gasteiger partial charge in [0.25, 0.3) is 0 Å². The van der Waals surface area contributed by atoms with Gasteiger partial charge in [-0.1, -0.05) is 24.3 Å². The molecule has 3 aromatic rings. The summed E-state index contributed by atoms with van der Waals surface area (Å²) >= 11 is 0. The fourth-order valence-corrected chi connectivity index (χ4v) is 1.67. The van der Waals surface area contributed by atoms with Crippen molar-refractivity contribution in [2.75, 3.05) is 0 Å². The molecule has 0 saturated carbocycles. The van der Waals surface area contributed by atoms with Crippen LogP contribution in [0.3, 0.4) is 0 Å². The minimum Gasteiger partial charge on any atom is -0.306 e. The van der Waals surface area contributed by atoms with E-state index in [1.165, 1.54) is 10.8 Å². The van der Waals surface area contributed by atoms with Crippen LogP contribution in [0, 0.1) is 0 Å². The summed E-state index contributed by atoms with van der Waals surface area (Å²) in [7, 11) is 0. The summed E-state index contributed by atoms with van der Waals surface area (Å²) in [6.45, 7) is 0. The molecule has 0 aliphatic carbocycles. The number of rotatable bonds is 0. The molecule has 0 aliphatic rings. The van der Waals surface area contributed by atoms with Crippen LogP contribution in [0.25, 0.3) is 16.3 Å². The Morgan fingerprint density at radius 2 is 2.00 bits per heavy atom. The molecule has 2 heteroatoms. The summed E-state index contributed by atoms with van der Waals surface area (Å²) in [6.07, 6.45) is 5.74. The highest BCUT2D eigenvalue weighted by Gasteiger charge is 1.97. The standard InChI is InChI=1S/C11H8N2/c1-2-4-10-9(3-1)5-6-13-8-12-7-11(10)13/h1-8H. The molecule has 0 aliphatic heterocycles. The number of aromatic nitrogens is 2. The van der Waals surface area contributed by atoms with Gasteiger partial charge in [0.15, 0.2) is 0 Å². The number of fused-ring (bicyclic) bond motifs is 3. The lowest BCUT2D eigenvalue weighted by Crippen LogP contribution is -1.81. The Kier molecular flexibility index (Phi) is 1.19. The highest BCUT2D eigenvalue weighted by molar-refractivity contribution is 5.95. The highest BCUT2D eigenvalue weighted by Crippen LogP contribution is 2.18. The van der Waals surface area contributed by atoms with Gasteiger partial charge >= 0.3 is 0 Å². The topological polar surface area (TPSA) is 17.3 Å². The Hall–Kier alpha value is -1.83. The van der Waals surface area contributed by atoms with Gasteiger partial charge in [-0.05, 0) is 11.5 Å². The molecule has 2 aromatic heterocycles. The van der Waals surface area contributed by atoms with Gasteiger partial charge in [-0.25, -0.2) is 4.98 Å². The largest absolute Gasteiger partial charge is 0.306 e. The van der Waals surface area contributed by atoms with E-state index in [1.807, 2.05) is 23.1 Å². The van der Waals surface area contributed by atoms with Crippen molar-refractivity contribution in [2.24, 2.45) is 0 Å². The molecule has 0 atom stereocenters. The second kappa shape index (κ2) is 2.33. The van der Waals surface area contributed by atoms with Crippen molar-refractivity contribution in [1.82, 2.24) is 9.38 Å². The Bertz CT molecular complexity index is 566. The average Bonchev–Trinajstić information content (AvgIpc) is 2.65. The smallest absolute Gasteiger partial charge is 0.0992 e. The third kappa shape index (κ3) is 0.855. The molecule has 0 unspecified atom stereocenters. The number of imidazole rings is 1. The lowest BCUT2D eigenvalue weighted by molar-refractivity contribution is 1.16. The number of hydrogen-bond donors (Lipinski definition) is 0. The van der Waals surface area contributed by atoms with Crippen LogP contribution in [-0.2, 0) is 0 Å². The molecule has 0 saturated heterocycles. The maximum absolute atomic E-state index is 4.11. The second-order valence-corrected chi connectivity index (χ2v) is 3.09. The minimum atomic E-state index is 1.16. The summed E-state index contributed by atoms with van der Waals surface area (Å²) in [6, 6.07) is 10.4. The Balaban J connectivity index is 2.65. The molecule has 0 N–H and O–H groups in total. The summed E-state index contributed by atoms with van der Waals surface area (Å²) in [5.41, 5.74) is 1.16. The quantitative estimate of drug-likeness (QED) is 0.504. The fourth-order valence-electron chi connectivity index (χ4n) is 1.67.